The lowest BCUT2D eigenvalue weighted by Gasteiger charge is -2.27. The molecule has 1 aromatic carbocycles. The summed E-state index contributed by atoms with van der Waals surface area (Å²) >= 11 is 0. The van der Waals surface area contributed by atoms with Crippen LogP contribution in [-0.4, -0.2) is 42.1 Å². The van der Waals surface area contributed by atoms with E-state index in [4.69, 9.17) is 15.6 Å². The van der Waals surface area contributed by atoms with Crippen LogP contribution in [0.1, 0.15) is 59.9 Å². The second kappa shape index (κ2) is 23.2. The average Bonchev–Trinajstić information content (AvgIpc) is 2.98. The van der Waals surface area contributed by atoms with Crippen LogP contribution in [0.5, 0.6) is 5.75 Å². The number of alkyl halides is 3. The molecule has 0 radical (unpaired) electrons. The molecule has 0 aliphatic rings. The lowest BCUT2D eigenvalue weighted by atomic mass is 10.0. The largest absolute Gasteiger partial charge is 0.494 e. The Kier molecular flexibility index (Phi) is 22.0. The molecule has 0 aliphatic heterocycles. The molecule has 0 fully saturated rings. The van der Waals surface area contributed by atoms with Gasteiger partial charge in [-0.05, 0) is 62.4 Å². The van der Waals surface area contributed by atoms with E-state index in [-0.39, 0.29) is 19.4 Å². The monoisotopic (exact) mass is 602 g/mol. The van der Waals surface area contributed by atoms with Gasteiger partial charge in [0.25, 0.3) is 0 Å². The minimum Gasteiger partial charge on any atom is -0.494 e. The summed E-state index contributed by atoms with van der Waals surface area (Å²) in [5, 5.41) is 8.93. The lowest BCUT2D eigenvalue weighted by molar-refractivity contribution is -0.116. The molecule has 7 nitrogen and oxygen atoms in total. The number of nitrogens with zero attached hydrogens (tertiary/aromatic N) is 3. The normalized spacial score (nSPS) is 11.4. The van der Waals surface area contributed by atoms with Gasteiger partial charge in [0.15, 0.2) is 0 Å². The van der Waals surface area contributed by atoms with Crippen LogP contribution in [0.15, 0.2) is 82.8 Å². The highest BCUT2D eigenvalue weighted by Crippen LogP contribution is 2.31. The highest BCUT2D eigenvalue weighted by molar-refractivity contribution is 5.96. The van der Waals surface area contributed by atoms with Gasteiger partial charge < -0.3 is 15.6 Å². The summed E-state index contributed by atoms with van der Waals surface area (Å²) in [6, 6.07) is 11.0. The molecule has 2 rings (SSSR count). The molecule has 0 saturated carbocycles. The third kappa shape index (κ3) is 17.3. The fourth-order valence-electron chi connectivity index (χ4n) is 3.41. The van der Waals surface area contributed by atoms with Crippen LogP contribution < -0.4 is 15.4 Å². The van der Waals surface area contributed by atoms with Crippen LogP contribution >= 0.6 is 0 Å². The first-order valence-electron chi connectivity index (χ1n) is 13.7. The van der Waals surface area contributed by atoms with E-state index in [0.29, 0.717) is 48.1 Å². The Labute approximate surface area is 254 Å². The maximum absolute atomic E-state index is 12.8. The number of aliphatic hydroxyl groups excluding tert-OH is 1. The third-order valence-corrected chi connectivity index (χ3v) is 5.00. The number of halogens is 3. The maximum Gasteiger partial charge on any atom is 0.386 e. The number of ether oxygens (including phenoxy) is 1. The number of carbonyl (C=O) groups excluding carboxylic acids is 1. The standard InChI is InChI=1S/C27H34N4O3.C2H3F3.C2H6.C2H2/c1-5-8-25(29-4)24(15-9-21-10-16-27(28)30-19-21)26(6-2)31(20(3)33)22-11-13-23(14-12-22)34-18-7-17-32;1-2(3,4)5;2*1-2/h6,8,10-16,19,32H,4-5,7,9,17-18H2,1-3H3,(H2,28,30);1H3;1-2H3;1-2H/b24-15+,25-8+,26-6-;;;. The topological polar surface area (TPSA) is 101 Å². The van der Waals surface area contributed by atoms with E-state index in [2.05, 4.69) is 29.5 Å². The number of pyridine rings is 1. The number of anilines is 2. The number of benzene rings is 1. The number of nitrogen functional groups attached to an aromatic ring is 1. The van der Waals surface area contributed by atoms with Crippen molar-refractivity contribution in [3.05, 3.63) is 83.4 Å². The smallest absolute Gasteiger partial charge is 0.386 e. The van der Waals surface area contributed by atoms with Crippen molar-refractivity contribution >= 4 is 24.1 Å². The van der Waals surface area contributed by atoms with Gasteiger partial charge in [-0.2, -0.15) is 13.2 Å². The maximum atomic E-state index is 12.8. The first-order chi connectivity index (χ1) is 20.4. The van der Waals surface area contributed by atoms with Gasteiger partial charge in [-0.3, -0.25) is 14.7 Å². The predicted molar refractivity (Wildman–Crippen MR) is 172 cm³/mol. The van der Waals surface area contributed by atoms with Gasteiger partial charge in [0.2, 0.25) is 5.91 Å². The van der Waals surface area contributed by atoms with Gasteiger partial charge in [-0.15, -0.1) is 12.8 Å². The molecule has 2 aromatic rings. The fraction of sp³-hybridized carbons (Fsp3) is 0.364. The number of aliphatic hydroxyl groups is 1. The third-order valence-electron chi connectivity index (χ3n) is 5.00. The van der Waals surface area contributed by atoms with Crippen LogP contribution in [0.2, 0.25) is 0 Å². The quantitative estimate of drug-likeness (QED) is 0.112. The van der Waals surface area contributed by atoms with Gasteiger partial charge in [0.1, 0.15) is 11.6 Å². The van der Waals surface area contributed by atoms with E-state index >= 15 is 0 Å². The number of terminal acetylenes is 1. The summed E-state index contributed by atoms with van der Waals surface area (Å²) < 4.78 is 36.7. The van der Waals surface area contributed by atoms with Crippen LogP contribution in [0, 0.1) is 12.8 Å². The first-order valence-corrected chi connectivity index (χ1v) is 13.7. The highest BCUT2D eigenvalue weighted by atomic mass is 19.4. The Morgan fingerprint density at radius 3 is 2.16 bits per heavy atom. The summed E-state index contributed by atoms with van der Waals surface area (Å²) in [7, 11) is 0. The number of nitrogens with two attached hydrogens (primary N) is 1. The molecular weight excluding hydrogens is 557 g/mol. The molecule has 43 heavy (non-hydrogen) atoms. The summed E-state index contributed by atoms with van der Waals surface area (Å²) in [6.45, 7) is 13.9. The van der Waals surface area contributed by atoms with Gasteiger partial charge in [-0.1, -0.05) is 45.1 Å². The summed E-state index contributed by atoms with van der Waals surface area (Å²) in [6.07, 6.45) is 13.6. The second-order valence-electron chi connectivity index (χ2n) is 8.30. The van der Waals surface area contributed by atoms with Crippen LogP contribution in [0.25, 0.3) is 0 Å². The average molecular weight is 603 g/mol. The molecule has 1 heterocycles. The van der Waals surface area contributed by atoms with Crippen molar-refractivity contribution < 1.29 is 27.8 Å². The van der Waals surface area contributed by atoms with Crippen molar-refractivity contribution in [2.24, 2.45) is 4.99 Å². The zero-order valence-electron chi connectivity index (χ0n) is 26.0. The van der Waals surface area contributed by atoms with Gasteiger partial charge in [0.05, 0.1) is 18.0 Å². The van der Waals surface area contributed by atoms with Crippen LogP contribution in [0.3, 0.4) is 0 Å². The Balaban J connectivity index is 0. The molecule has 0 unspecified atom stereocenters. The Morgan fingerprint density at radius 2 is 1.74 bits per heavy atom. The first kappa shape index (κ1) is 40.8. The van der Waals surface area contributed by atoms with Crippen molar-refractivity contribution in [3.63, 3.8) is 0 Å². The van der Waals surface area contributed by atoms with E-state index in [1.807, 2.05) is 76.3 Å². The van der Waals surface area contributed by atoms with Crippen molar-refractivity contribution in [1.82, 2.24) is 4.98 Å². The lowest BCUT2D eigenvalue weighted by Crippen LogP contribution is -2.29. The van der Waals surface area contributed by atoms with E-state index in [9.17, 15) is 18.0 Å². The van der Waals surface area contributed by atoms with E-state index in [1.165, 1.54) is 6.92 Å². The summed E-state index contributed by atoms with van der Waals surface area (Å²) in [4.78, 5) is 22.9. The number of rotatable bonds is 12. The van der Waals surface area contributed by atoms with Crippen molar-refractivity contribution in [3.8, 4) is 18.6 Å². The fourth-order valence-corrected chi connectivity index (χ4v) is 3.41. The highest BCUT2D eigenvalue weighted by Gasteiger charge is 2.22. The van der Waals surface area contributed by atoms with Gasteiger partial charge >= 0.3 is 6.18 Å². The minimum absolute atomic E-state index is 0.0767. The second-order valence-corrected chi connectivity index (χ2v) is 8.30. The number of aliphatic imine (C=N–C) groups is 1. The number of hydrogen-bond donors (Lipinski definition) is 2. The number of allylic oxidation sites excluding steroid dienone is 3. The molecule has 0 saturated heterocycles. The molecular formula is C33H45F3N4O3. The Morgan fingerprint density at radius 1 is 1.16 bits per heavy atom. The Hall–Kier alpha value is -4.36. The van der Waals surface area contributed by atoms with Crippen molar-refractivity contribution in [1.29, 1.82) is 0 Å². The van der Waals surface area contributed by atoms with Crippen LogP contribution in [0.4, 0.5) is 24.7 Å². The molecule has 0 spiro atoms. The number of carbonyl (C=O) groups is 1. The van der Waals surface area contributed by atoms with Crippen molar-refractivity contribution in [2.45, 2.75) is 67.0 Å². The van der Waals surface area contributed by atoms with E-state index < -0.39 is 6.18 Å². The minimum atomic E-state index is -4.00. The number of hydrogen-bond acceptors (Lipinski definition) is 6. The van der Waals surface area contributed by atoms with E-state index in [1.54, 1.807) is 17.2 Å². The molecule has 10 heteroatoms. The summed E-state index contributed by atoms with van der Waals surface area (Å²) in [5.74, 6) is 1.00. The molecule has 3 N–H and O–H groups in total. The molecule has 0 atom stereocenters. The SMILES string of the molecule is C#C.C=NC(=C/CC)/C(=C\Cc1ccc(N)nc1)C(=C/C)/N(C(C)=O)c1ccc(OCCCO)cc1.CC.CC(F)(F)F. The van der Waals surface area contributed by atoms with Gasteiger partial charge in [-0.25, -0.2) is 4.98 Å². The zero-order chi connectivity index (χ0) is 33.4. The predicted octanol–water partition coefficient (Wildman–Crippen LogP) is 7.69. The molecule has 0 bridgehead atoms. The van der Waals surface area contributed by atoms with Crippen molar-refractivity contribution in [2.75, 3.05) is 23.8 Å². The summed E-state index contributed by atoms with van der Waals surface area (Å²) in [5.41, 5.74) is 9.61. The zero-order valence-corrected chi connectivity index (χ0v) is 26.0. The number of amides is 1. The molecule has 1 amide bonds. The molecule has 236 valence electrons. The number of aromatic nitrogens is 1. The molecule has 1 aromatic heterocycles. The van der Waals surface area contributed by atoms with E-state index in [0.717, 1.165) is 17.6 Å². The molecule has 0 aliphatic carbocycles. The Bertz CT molecular complexity index is 1180. The van der Waals surface area contributed by atoms with Gasteiger partial charge in [0, 0.05) is 44.3 Å². The van der Waals surface area contributed by atoms with Crippen LogP contribution in [-0.2, 0) is 11.2 Å².